The zero-order chi connectivity index (χ0) is 20.6. The molecule has 1 aromatic heterocycles. The summed E-state index contributed by atoms with van der Waals surface area (Å²) in [5, 5.41) is 6.96. The van der Waals surface area contributed by atoms with Crippen LogP contribution in [0, 0.1) is 0 Å². The summed E-state index contributed by atoms with van der Waals surface area (Å²) in [5.74, 6) is 0.730. The summed E-state index contributed by atoms with van der Waals surface area (Å²) < 4.78 is 12.7. The van der Waals surface area contributed by atoms with E-state index in [1.807, 2.05) is 30.3 Å². The van der Waals surface area contributed by atoms with E-state index in [0.717, 1.165) is 24.2 Å². The molecular weight excluding hydrogens is 372 g/mol. The lowest BCUT2D eigenvalue weighted by atomic mass is 10.1. The lowest BCUT2D eigenvalue weighted by molar-refractivity contribution is -0.133. The Kier molecular flexibility index (Phi) is 7.24. The van der Waals surface area contributed by atoms with Gasteiger partial charge in [0, 0.05) is 64.0 Å². The maximum absolute atomic E-state index is 12.3. The van der Waals surface area contributed by atoms with E-state index in [1.165, 1.54) is 0 Å². The van der Waals surface area contributed by atoms with Crippen LogP contribution in [0.1, 0.15) is 35.2 Å². The van der Waals surface area contributed by atoms with Gasteiger partial charge >= 0.3 is 0 Å². The number of carbonyl (C=O) groups is 2. The quantitative estimate of drug-likeness (QED) is 0.730. The number of hydrogen-bond acceptors (Lipinski definition) is 5. The number of methoxy groups -OCH3 is 1. The molecule has 1 aromatic carbocycles. The van der Waals surface area contributed by atoms with Gasteiger partial charge < -0.3 is 19.7 Å². The van der Waals surface area contributed by atoms with Gasteiger partial charge in [0.05, 0.1) is 19.2 Å². The first-order valence-electron chi connectivity index (χ1n) is 9.84. The Morgan fingerprint density at radius 3 is 2.55 bits per heavy atom. The standard InChI is InChI=1S/C21H28N4O4/c1-24-15-16(14-23-24)13-22-21(27)17-3-5-18(6-4-17)29-19-7-10-25(11-8-19)20(26)9-12-28-2/h3-6,14-15,19H,7-13H2,1-2H3,(H,22,27). The molecule has 0 saturated carbocycles. The number of carbonyl (C=O) groups excluding carboxylic acids is 2. The topological polar surface area (TPSA) is 85.7 Å². The fourth-order valence-electron chi connectivity index (χ4n) is 3.30. The van der Waals surface area contributed by atoms with Crippen LogP contribution in [0.2, 0.25) is 0 Å². The molecule has 0 radical (unpaired) electrons. The number of piperidine rings is 1. The Labute approximate surface area is 170 Å². The summed E-state index contributed by atoms with van der Waals surface area (Å²) in [7, 11) is 3.44. The van der Waals surface area contributed by atoms with E-state index in [2.05, 4.69) is 10.4 Å². The van der Waals surface area contributed by atoms with Gasteiger partial charge in [-0.1, -0.05) is 0 Å². The SMILES string of the molecule is COCCC(=O)N1CCC(Oc2ccc(C(=O)NCc3cnn(C)c3)cc2)CC1. The number of nitrogens with zero attached hydrogens (tertiary/aromatic N) is 3. The van der Waals surface area contributed by atoms with E-state index in [1.54, 1.807) is 30.1 Å². The van der Waals surface area contributed by atoms with Gasteiger partial charge in [-0.05, 0) is 24.3 Å². The summed E-state index contributed by atoms with van der Waals surface area (Å²) in [6.07, 6.45) is 5.69. The van der Waals surface area contributed by atoms with Gasteiger partial charge in [0.15, 0.2) is 0 Å². The molecule has 29 heavy (non-hydrogen) atoms. The molecule has 156 valence electrons. The van der Waals surface area contributed by atoms with Crippen molar-refractivity contribution in [2.75, 3.05) is 26.8 Å². The van der Waals surface area contributed by atoms with Gasteiger partial charge in [0.2, 0.25) is 5.91 Å². The molecule has 1 fully saturated rings. The minimum Gasteiger partial charge on any atom is -0.490 e. The van der Waals surface area contributed by atoms with Crippen LogP contribution in [0.4, 0.5) is 0 Å². The van der Waals surface area contributed by atoms with Crippen molar-refractivity contribution < 1.29 is 19.1 Å². The van der Waals surface area contributed by atoms with Crippen molar-refractivity contribution in [3.05, 3.63) is 47.8 Å². The molecule has 8 heteroatoms. The van der Waals surface area contributed by atoms with Crippen molar-refractivity contribution in [2.24, 2.45) is 7.05 Å². The van der Waals surface area contributed by atoms with Gasteiger partial charge in [-0.2, -0.15) is 5.10 Å². The molecule has 2 amide bonds. The first kappa shape index (κ1) is 20.9. The van der Waals surface area contributed by atoms with E-state index in [0.29, 0.717) is 38.2 Å². The third-order valence-corrected chi connectivity index (χ3v) is 4.95. The van der Waals surface area contributed by atoms with Gasteiger partial charge in [0.1, 0.15) is 11.9 Å². The predicted molar refractivity (Wildman–Crippen MR) is 108 cm³/mol. The van der Waals surface area contributed by atoms with Crippen LogP contribution in [0.25, 0.3) is 0 Å². The summed E-state index contributed by atoms with van der Waals surface area (Å²) in [5.41, 5.74) is 1.53. The highest BCUT2D eigenvalue weighted by Crippen LogP contribution is 2.20. The Hall–Kier alpha value is -2.87. The van der Waals surface area contributed by atoms with Crippen LogP contribution < -0.4 is 10.1 Å². The monoisotopic (exact) mass is 400 g/mol. The number of nitrogens with one attached hydrogen (secondary N) is 1. The van der Waals surface area contributed by atoms with Gasteiger partial charge in [0.25, 0.3) is 5.91 Å². The van der Waals surface area contributed by atoms with Crippen LogP contribution in [-0.4, -0.2) is 59.4 Å². The average Bonchev–Trinajstić information content (AvgIpc) is 3.16. The van der Waals surface area contributed by atoms with Gasteiger partial charge in [-0.3, -0.25) is 14.3 Å². The van der Waals surface area contributed by atoms with E-state index in [-0.39, 0.29) is 17.9 Å². The van der Waals surface area contributed by atoms with Gasteiger partial charge in [-0.25, -0.2) is 0 Å². The molecule has 0 spiro atoms. The number of ether oxygens (including phenoxy) is 2. The molecule has 1 N–H and O–H groups in total. The smallest absolute Gasteiger partial charge is 0.251 e. The van der Waals surface area contributed by atoms with Crippen molar-refractivity contribution in [3.8, 4) is 5.75 Å². The van der Waals surface area contributed by atoms with Crippen LogP contribution in [-0.2, 0) is 23.1 Å². The molecule has 8 nitrogen and oxygen atoms in total. The highest BCUT2D eigenvalue weighted by Gasteiger charge is 2.23. The molecule has 0 aliphatic carbocycles. The van der Waals surface area contributed by atoms with Crippen LogP contribution in [0.15, 0.2) is 36.7 Å². The lowest BCUT2D eigenvalue weighted by Crippen LogP contribution is -2.42. The second-order valence-electron chi connectivity index (χ2n) is 7.17. The zero-order valence-electron chi connectivity index (χ0n) is 17.0. The zero-order valence-corrected chi connectivity index (χ0v) is 17.0. The van der Waals surface area contributed by atoms with Crippen molar-refractivity contribution in [3.63, 3.8) is 0 Å². The first-order chi connectivity index (χ1) is 14.0. The predicted octanol–water partition coefficient (Wildman–Crippen LogP) is 1.76. The highest BCUT2D eigenvalue weighted by atomic mass is 16.5. The van der Waals surface area contributed by atoms with E-state index in [4.69, 9.17) is 9.47 Å². The molecule has 2 aromatic rings. The normalized spacial score (nSPS) is 14.6. The summed E-state index contributed by atoms with van der Waals surface area (Å²) in [6.45, 7) is 2.29. The fraction of sp³-hybridized carbons (Fsp3) is 0.476. The number of hydrogen-bond donors (Lipinski definition) is 1. The summed E-state index contributed by atoms with van der Waals surface area (Å²) in [6, 6.07) is 7.15. The van der Waals surface area contributed by atoms with E-state index < -0.39 is 0 Å². The fourth-order valence-corrected chi connectivity index (χ4v) is 3.30. The van der Waals surface area contributed by atoms with E-state index >= 15 is 0 Å². The third-order valence-electron chi connectivity index (χ3n) is 4.95. The minimum absolute atomic E-state index is 0.0757. The Morgan fingerprint density at radius 2 is 1.93 bits per heavy atom. The number of rotatable bonds is 8. The van der Waals surface area contributed by atoms with Crippen LogP contribution in [0.3, 0.4) is 0 Å². The summed E-state index contributed by atoms with van der Waals surface area (Å²) in [4.78, 5) is 26.2. The number of aromatic nitrogens is 2. The Balaban J connectivity index is 1.43. The van der Waals surface area contributed by atoms with Crippen LogP contribution >= 0.6 is 0 Å². The second kappa shape index (κ2) is 10.1. The highest BCUT2D eigenvalue weighted by molar-refractivity contribution is 5.94. The second-order valence-corrected chi connectivity index (χ2v) is 7.17. The first-order valence-corrected chi connectivity index (χ1v) is 9.84. The van der Waals surface area contributed by atoms with Crippen molar-refractivity contribution >= 4 is 11.8 Å². The lowest BCUT2D eigenvalue weighted by Gasteiger charge is -2.32. The maximum atomic E-state index is 12.3. The van der Waals surface area contributed by atoms with E-state index in [9.17, 15) is 9.59 Å². The van der Waals surface area contributed by atoms with Gasteiger partial charge in [-0.15, -0.1) is 0 Å². The number of aryl methyl sites for hydroxylation is 1. The minimum atomic E-state index is -0.136. The largest absolute Gasteiger partial charge is 0.490 e. The van der Waals surface area contributed by atoms with Crippen molar-refractivity contribution in [2.45, 2.75) is 31.9 Å². The van der Waals surface area contributed by atoms with Crippen molar-refractivity contribution in [1.82, 2.24) is 20.0 Å². The average molecular weight is 400 g/mol. The number of likely N-dealkylation sites (tertiary alicyclic amines) is 1. The molecule has 2 heterocycles. The maximum Gasteiger partial charge on any atom is 0.251 e. The Morgan fingerprint density at radius 1 is 1.21 bits per heavy atom. The molecule has 1 aliphatic heterocycles. The third kappa shape index (κ3) is 6.05. The summed E-state index contributed by atoms with van der Waals surface area (Å²) >= 11 is 0. The number of amides is 2. The van der Waals surface area contributed by atoms with Crippen LogP contribution in [0.5, 0.6) is 5.75 Å². The molecule has 0 unspecified atom stereocenters. The molecule has 1 aliphatic rings. The molecule has 1 saturated heterocycles. The molecule has 0 atom stereocenters. The van der Waals surface area contributed by atoms with Crippen molar-refractivity contribution in [1.29, 1.82) is 0 Å². The Bertz CT molecular complexity index is 810. The molecule has 0 bridgehead atoms. The molecule has 3 rings (SSSR count). The molecular formula is C21H28N4O4. The number of benzene rings is 1.